The first-order valence-electron chi connectivity index (χ1n) is 8.09. The Morgan fingerprint density at radius 2 is 2.15 bits per heavy atom. The maximum atomic E-state index is 13.7. The quantitative estimate of drug-likeness (QED) is 0.750. The predicted molar refractivity (Wildman–Crippen MR) is 97.9 cm³/mol. The molecule has 0 aliphatic carbocycles. The number of benzene rings is 1. The number of morpholine rings is 1. The molecule has 0 bridgehead atoms. The average molecular weight is 400 g/mol. The second-order valence-electron chi connectivity index (χ2n) is 5.81. The molecule has 2 heterocycles. The summed E-state index contributed by atoms with van der Waals surface area (Å²) in [5.41, 5.74) is 0.103. The number of nitrogens with zero attached hydrogens (tertiary/aromatic N) is 4. The Balaban J connectivity index is 1.53. The molecule has 26 heavy (non-hydrogen) atoms. The van der Waals surface area contributed by atoms with Crippen LogP contribution in [0.1, 0.15) is 5.82 Å². The fourth-order valence-corrected chi connectivity index (χ4v) is 3.36. The molecule has 1 aromatic heterocycles. The summed E-state index contributed by atoms with van der Waals surface area (Å²) in [6.07, 6.45) is 0. The third-order valence-electron chi connectivity index (χ3n) is 3.93. The third kappa shape index (κ3) is 4.94. The van der Waals surface area contributed by atoms with Gasteiger partial charge in [0.15, 0.2) is 5.16 Å². The largest absolute Gasteiger partial charge is 0.379 e. The second-order valence-corrected chi connectivity index (χ2v) is 7.19. The maximum absolute atomic E-state index is 13.7. The summed E-state index contributed by atoms with van der Waals surface area (Å²) >= 11 is 6.95. The minimum absolute atomic E-state index is 0.103. The van der Waals surface area contributed by atoms with E-state index in [0.717, 1.165) is 38.2 Å². The monoisotopic (exact) mass is 399 g/mol. The molecule has 1 N–H and O–H groups in total. The number of nitrogens with one attached hydrogen (secondary N) is 1. The number of hydrogen-bond acceptors (Lipinski definition) is 6. The van der Waals surface area contributed by atoms with E-state index in [-0.39, 0.29) is 22.4 Å². The molecule has 0 saturated carbocycles. The van der Waals surface area contributed by atoms with Crippen molar-refractivity contribution in [3.63, 3.8) is 0 Å². The fourth-order valence-electron chi connectivity index (χ4n) is 2.47. The zero-order chi connectivity index (χ0) is 18.5. The van der Waals surface area contributed by atoms with Crippen molar-refractivity contribution in [2.75, 3.05) is 37.4 Å². The van der Waals surface area contributed by atoms with Crippen molar-refractivity contribution in [3.05, 3.63) is 34.9 Å². The van der Waals surface area contributed by atoms with Crippen LogP contribution in [0.25, 0.3) is 0 Å². The molecular weight excluding hydrogens is 381 g/mol. The van der Waals surface area contributed by atoms with E-state index in [1.54, 1.807) is 0 Å². The zero-order valence-corrected chi connectivity index (χ0v) is 15.8. The third-order valence-corrected chi connectivity index (χ3v) is 5.19. The molecule has 0 atom stereocenters. The van der Waals surface area contributed by atoms with Crippen LogP contribution in [0.2, 0.25) is 5.02 Å². The van der Waals surface area contributed by atoms with Gasteiger partial charge in [0.2, 0.25) is 5.91 Å². The van der Waals surface area contributed by atoms with E-state index in [1.165, 1.54) is 23.9 Å². The molecule has 1 fully saturated rings. The summed E-state index contributed by atoms with van der Waals surface area (Å²) in [5.74, 6) is 0.0424. The molecule has 10 heteroatoms. The molecule has 1 saturated heterocycles. The Morgan fingerprint density at radius 3 is 2.88 bits per heavy atom. The van der Waals surface area contributed by atoms with Crippen molar-refractivity contribution in [2.45, 2.75) is 11.7 Å². The minimum Gasteiger partial charge on any atom is -0.379 e. The summed E-state index contributed by atoms with van der Waals surface area (Å²) in [7, 11) is 1.87. The SMILES string of the molecule is Cn1c(CN2CCOCC2)nnc1SCC(=O)Nc1ccc(Cl)cc1F. The van der Waals surface area contributed by atoms with Crippen molar-refractivity contribution in [3.8, 4) is 0 Å². The predicted octanol–water partition coefficient (Wildman–Crippen LogP) is 2.17. The number of ether oxygens (including phenoxy) is 1. The van der Waals surface area contributed by atoms with Gasteiger partial charge in [-0.2, -0.15) is 0 Å². The van der Waals surface area contributed by atoms with Gasteiger partial charge in [-0.25, -0.2) is 4.39 Å². The topological polar surface area (TPSA) is 72.3 Å². The summed E-state index contributed by atoms with van der Waals surface area (Å²) in [6, 6.07) is 4.11. The van der Waals surface area contributed by atoms with Gasteiger partial charge in [0.05, 0.1) is 31.2 Å². The molecule has 2 aromatic rings. The summed E-state index contributed by atoms with van der Waals surface area (Å²) in [5, 5.41) is 11.8. The zero-order valence-electron chi connectivity index (χ0n) is 14.2. The highest BCUT2D eigenvalue weighted by Crippen LogP contribution is 2.20. The second kappa shape index (κ2) is 8.81. The lowest BCUT2D eigenvalue weighted by atomic mass is 10.3. The molecule has 0 spiro atoms. The lowest BCUT2D eigenvalue weighted by Gasteiger charge is -2.25. The molecule has 0 radical (unpaired) electrons. The average Bonchev–Trinajstić information content (AvgIpc) is 2.96. The highest BCUT2D eigenvalue weighted by atomic mass is 35.5. The molecular formula is C16H19ClFN5O2S. The van der Waals surface area contributed by atoms with Crippen LogP contribution >= 0.6 is 23.4 Å². The molecule has 1 amide bonds. The number of hydrogen-bond donors (Lipinski definition) is 1. The van der Waals surface area contributed by atoms with Crippen molar-refractivity contribution >= 4 is 35.0 Å². The molecule has 1 aromatic carbocycles. The highest BCUT2D eigenvalue weighted by Gasteiger charge is 2.17. The van der Waals surface area contributed by atoms with Crippen molar-refractivity contribution in [1.82, 2.24) is 19.7 Å². The molecule has 7 nitrogen and oxygen atoms in total. The van der Waals surface area contributed by atoms with Crippen LogP contribution in [0, 0.1) is 5.82 Å². The van der Waals surface area contributed by atoms with E-state index in [4.69, 9.17) is 16.3 Å². The van der Waals surface area contributed by atoms with Gasteiger partial charge in [-0.05, 0) is 18.2 Å². The summed E-state index contributed by atoms with van der Waals surface area (Å²) in [6.45, 7) is 3.87. The Morgan fingerprint density at radius 1 is 1.38 bits per heavy atom. The Labute approximate surface area is 159 Å². The number of aromatic nitrogens is 3. The number of thioether (sulfide) groups is 1. The number of carbonyl (C=O) groups excluding carboxylic acids is 1. The Bertz CT molecular complexity index is 782. The van der Waals surface area contributed by atoms with Gasteiger partial charge < -0.3 is 14.6 Å². The Hall–Kier alpha value is -1.68. The van der Waals surface area contributed by atoms with Gasteiger partial charge in [0.1, 0.15) is 11.6 Å². The normalized spacial score (nSPS) is 15.2. The van der Waals surface area contributed by atoms with Crippen LogP contribution in [0.15, 0.2) is 23.4 Å². The summed E-state index contributed by atoms with van der Waals surface area (Å²) in [4.78, 5) is 14.3. The number of carbonyl (C=O) groups is 1. The minimum atomic E-state index is -0.567. The number of halogens is 2. The first-order valence-corrected chi connectivity index (χ1v) is 9.45. The van der Waals surface area contributed by atoms with E-state index >= 15 is 0 Å². The standard InChI is InChI=1S/C16H19ClFN5O2S/c1-22-14(9-23-4-6-25-7-5-23)20-21-16(22)26-10-15(24)19-13-3-2-11(17)8-12(13)18/h2-3,8H,4-7,9-10H2,1H3,(H,19,24). The van der Waals surface area contributed by atoms with Crippen LogP contribution < -0.4 is 5.32 Å². The molecule has 3 rings (SSSR count). The molecule has 1 aliphatic rings. The number of anilines is 1. The molecule has 140 valence electrons. The van der Waals surface area contributed by atoms with E-state index in [0.29, 0.717) is 11.7 Å². The number of rotatable bonds is 6. The fraction of sp³-hybridized carbons (Fsp3) is 0.438. The van der Waals surface area contributed by atoms with Gasteiger partial charge in [-0.3, -0.25) is 9.69 Å². The lowest BCUT2D eigenvalue weighted by molar-refractivity contribution is -0.113. The maximum Gasteiger partial charge on any atom is 0.234 e. The van der Waals surface area contributed by atoms with Crippen LogP contribution in [0.5, 0.6) is 0 Å². The van der Waals surface area contributed by atoms with Crippen LogP contribution in [0.4, 0.5) is 10.1 Å². The smallest absolute Gasteiger partial charge is 0.234 e. The van der Waals surface area contributed by atoms with E-state index in [9.17, 15) is 9.18 Å². The van der Waals surface area contributed by atoms with Crippen LogP contribution in [-0.4, -0.2) is 57.6 Å². The van der Waals surface area contributed by atoms with Crippen molar-refractivity contribution in [2.24, 2.45) is 7.05 Å². The first-order chi connectivity index (χ1) is 12.5. The van der Waals surface area contributed by atoms with E-state index < -0.39 is 5.82 Å². The van der Waals surface area contributed by atoms with Crippen LogP contribution in [-0.2, 0) is 23.1 Å². The highest BCUT2D eigenvalue weighted by molar-refractivity contribution is 7.99. The van der Waals surface area contributed by atoms with Gasteiger partial charge in [-0.1, -0.05) is 23.4 Å². The molecule has 1 aliphatic heterocycles. The van der Waals surface area contributed by atoms with E-state index in [1.807, 2.05) is 11.6 Å². The van der Waals surface area contributed by atoms with E-state index in [2.05, 4.69) is 20.4 Å². The Kier molecular flexibility index (Phi) is 6.47. The van der Waals surface area contributed by atoms with Gasteiger partial charge in [0, 0.05) is 25.2 Å². The van der Waals surface area contributed by atoms with Gasteiger partial charge >= 0.3 is 0 Å². The lowest BCUT2D eigenvalue weighted by Crippen LogP contribution is -2.36. The summed E-state index contributed by atoms with van der Waals surface area (Å²) < 4.78 is 20.9. The van der Waals surface area contributed by atoms with Gasteiger partial charge in [0.25, 0.3) is 0 Å². The van der Waals surface area contributed by atoms with Crippen molar-refractivity contribution < 1.29 is 13.9 Å². The van der Waals surface area contributed by atoms with Crippen LogP contribution in [0.3, 0.4) is 0 Å². The van der Waals surface area contributed by atoms with Crippen molar-refractivity contribution in [1.29, 1.82) is 0 Å². The number of amides is 1. The van der Waals surface area contributed by atoms with Gasteiger partial charge in [-0.15, -0.1) is 10.2 Å². The first kappa shape index (κ1) is 19.1. The molecule has 0 unspecified atom stereocenters.